The summed E-state index contributed by atoms with van der Waals surface area (Å²) in [6.07, 6.45) is 1.09. The molecule has 1 rings (SSSR count). The maximum absolute atomic E-state index is 6.06. The molecule has 96 valence electrons. The van der Waals surface area contributed by atoms with Gasteiger partial charge in [0.2, 0.25) is 0 Å². The first-order valence-corrected chi connectivity index (χ1v) is 6.76. The summed E-state index contributed by atoms with van der Waals surface area (Å²) in [5.41, 5.74) is 8.88. The monoisotopic (exact) mass is 233 g/mol. The van der Waals surface area contributed by atoms with Crippen LogP contribution in [0.15, 0.2) is 24.3 Å². The fraction of sp³-hybridized carbons (Fsp3) is 0.625. The van der Waals surface area contributed by atoms with Gasteiger partial charge in [0.05, 0.1) is 0 Å². The predicted molar refractivity (Wildman–Crippen MR) is 76.2 cm³/mol. The van der Waals surface area contributed by atoms with E-state index in [-0.39, 0.29) is 6.04 Å². The van der Waals surface area contributed by atoms with Gasteiger partial charge >= 0.3 is 0 Å². The van der Waals surface area contributed by atoms with E-state index in [9.17, 15) is 0 Å². The summed E-state index contributed by atoms with van der Waals surface area (Å²) in [6.45, 7) is 11.1. The Bertz CT molecular complexity index is 314. The highest BCUT2D eigenvalue weighted by Crippen LogP contribution is 2.21. The van der Waals surface area contributed by atoms with Gasteiger partial charge in [-0.1, -0.05) is 52.0 Å². The minimum Gasteiger partial charge on any atom is -0.328 e. The molecule has 0 saturated carbocycles. The van der Waals surface area contributed by atoms with Gasteiger partial charge in [-0.3, -0.25) is 0 Å². The Morgan fingerprint density at radius 1 is 0.941 bits per heavy atom. The minimum absolute atomic E-state index is 0.264. The molecule has 0 aromatic heterocycles. The lowest BCUT2D eigenvalue weighted by molar-refractivity contribution is 0.330. The molecule has 0 amide bonds. The zero-order valence-corrected chi connectivity index (χ0v) is 11.9. The van der Waals surface area contributed by atoms with Gasteiger partial charge in [-0.25, -0.2) is 0 Å². The van der Waals surface area contributed by atoms with E-state index in [1.54, 1.807) is 0 Å². The fourth-order valence-electron chi connectivity index (χ4n) is 2.34. The van der Waals surface area contributed by atoms with Crippen LogP contribution in [0, 0.1) is 11.8 Å². The third-order valence-corrected chi connectivity index (χ3v) is 3.65. The van der Waals surface area contributed by atoms with Crippen molar-refractivity contribution in [1.82, 2.24) is 0 Å². The first-order valence-electron chi connectivity index (χ1n) is 6.76. The van der Waals surface area contributed by atoms with Gasteiger partial charge in [0.25, 0.3) is 0 Å². The van der Waals surface area contributed by atoms with E-state index in [0.717, 1.165) is 6.42 Å². The number of nitrogens with two attached hydrogens (primary N) is 1. The molecule has 2 atom stereocenters. The summed E-state index contributed by atoms with van der Waals surface area (Å²) in [7, 11) is 0. The zero-order valence-electron chi connectivity index (χ0n) is 11.9. The molecule has 2 N–H and O–H groups in total. The van der Waals surface area contributed by atoms with Crippen molar-refractivity contribution in [2.75, 3.05) is 0 Å². The lowest BCUT2D eigenvalue weighted by atomic mass is 9.84. The molecule has 0 bridgehead atoms. The van der Waals surface area contributed by atoms with Gasteiger partial charge in [0.1, 0.15) is 0 Å². The number of rotatable bonds is 5. The normalized spacial score (nSPS) is 15.3. The van der Waals surface area contributed by atoms with Gasteiger partial charge in [-0.2, -0.15) is 0 Å². The van der Waals surface area contributed by atoms with Crippen LogP contribution in [-0.4, -0.2) is 6.04 Å². The van der Waals surface area contributed by atoms with E-state index < -0.39 is 0 Å². The molecule has 0 aliphatic carbocycles. The highest BCUT2D eigenvalue weighted by molar-refractivity contribution is 5.25. The minimum atomic E-state index is 0.264. The SMILES string of the molecule is CC(C)c1ccc(CC(C(C)C)C(C)N)cc1. The Kier molecular flexibility index (Phi) is 5.20. The number of benzene rings is 1. The molecule has 1 heteroatoms. The quantitative estimate of drug-likeness (QED) is 0.818. The highest BCUT2D eigenvalue weighted by Gasteiger charge is 2.18. The van der Waals surface area contributed by atoms with E-state index >= 15 is 0 Å². The van der Waals surface area contributed by atoms with Crippen molar-refractivity contribution in [3.63, 3.8) is 0 Å². The van der Waals surface area contributed by atoms with Crippen molar-refractivity contribution in [3.8, 4) is 0 Å². The van der Waals surface area contributed by atoms with E-state index in [4.69, 9.17) is 5.73 Å². The van der Waals surface area contributed by atoms with Crippen molar-refractivity contribution in [2.45, 2.75) is 53.0 Å². The average Bonchev–Trinajstić information content (AvgIpc) is 2.25. The first kappa shape index (κ1) is 14.2. The summed E-state index contributed by atoms with van der Waals surface area (Å²) in [5, 5.41) is 0. The van der Waals surface area contributed by atoms with Crippen LogP contribution < -0.4 is 5.73 Å². The highest BCUT2D eigenvalue weighted by atomic mass is 14.6. The van der Waals surface area contributed by atoms with Gasteiger partial charge in [0, 0.05) is 6.04 Å². The molecule has 0 aliphatic heterocycles. The van der Waals surface area contributed by atoms with Crippen LogP contribution in [-0.2, 0) is 6.42 Å². The van der Waals surface area contributed by atoms with Crippen LogP contribution in [0.1, 0.15) is 51.7 Å². The van der Waals surface area contributed by atoms with Crippen molar-refractivity contribution in [1.29, 1.82) is 0 Å². The average molecular weight is 233 g/mol. The predicted octanol–water partition coefficient (Wildman–Crippen LogP) is 3.97. The molecular formula is C16H27N. The van der Waals surface area contributed by atoms with Crippen molar-refractivity contribution >= 4 is 0 Å². The maximum atomic E-state index is 6.06. The third-order valence-electron chi connectivity index (χ3n) is 3.65. The molecule has 0 spiro atoms. The second-order valence-electron chi connectivity index (χ2n) is 5.87. The molecule has 17 heavy (non-hydrogen) atoms. The maximum Gasteiger partial charge on any atom is 0.00443 e. The molecule has 0 radical (unpaired) electrons. The summed E-state index contributed by atoms with van der Waals surface area (Å²) < 4.78 is 0. The molecular weight excluding hydrogens is 206 g/mol. The van der Waals surface area contributed by atoms with Gasteiger partial charge < -0.3 is 5.73 Å². The molecule has 0 heterocycles. The van der Waals surface area contributed by atoms with Gasteiger partial charge in [-0.15, -0.1) is 0 Å². The topological polar surface area (TPSA) is 26.0 Å². The molecule has 1 nitrogen and oxygen atoms in total. The van der Waals surface area contributed by atoms with E-state index in [1.165, 1.54) is 11.1 Å². The van der Waals surface area contributed by atoms with Crippen LogP contribution in [0.3, 0.4) is 0 Å². The largest absolute Gasteiger partial charge is 0.328 e. The summed E-state index contributed by atoms with van der Waals surface area (Å²) in [5.74, 6) is 1.82. The van der Waals surface area contributed by atoms with E-state index in [0.29, 0.717) is 17.8 Å². The van der Waals surface area contributed by atoms with E-state index in [1.807, 2.05) is 0 Å². The Labute approximate surface area is 106 Å². The lowest BCUT2D eigenvalue weighted by Gasteiger charge is -2.24. The van der Waals surface area contributed by atoms with E-state index in [2.05, 4.69) is 58.9 Å². The first-order chi connectivity index (χ1) is 7.91. The second kappa shape index (κ2) is 6.20. The molecule has 2 unspecified atom stereocenters. The molecule has 0 aliphatic rings. The Hall–Kier alpha value is -0.820. The summed E-state index contributed by atoms with van der Waals surface area (Å²) >= 11 is 0. The molecule has 0 saturated heterocycles. The fourth-order valence-corrected chi connectivity index (χ4v) is 2.34. The smallest absolute Gasteiger partial charge is 0.00443 e. The molecule has 1 aromatic rings. The summed E-state index contributed by atoms with van der Waals surface area (Å²) in [6, 6.07) is 9.27. The number of hydrogen-bond acceptors (Lipinski definition) is 1. The van der Waals surface area contributed by atoms with Crippen LogP contribution in [0.4, 0.5) is 0 Å². The second-order valence-corrected chi connectivity index (χ2v) is 5.87. The van der Waals surface area contributed by atoms with Gasteiger partial charge in [0.15, 0.2) is 0 Å². The third kappa shape index (κ3) is 4.16. The lowest BCUT2D eigenvalue weighted by Crippen LogP contribution is -2.32. The molecule has 0 fully saturated rings. The van der Waals surface area contributed by atoms with Crippen molar-refractivity contribution in [2.24, 2.45) is 17.6 Å². The van der Waals surface area contributed by atoms with Crippen molar-refractivity contribution in [3.05, 3.63) is 35.4 Å². The van der Waals surface area contributed by atoms with Crippen LogP contribution >= 0.6 is 0 Å². The Morgan fingerprint density at radius 3 is 1.82 bits per heavy atom. The van der Waals surface area contributed by atoms with Gasteiger partial charge in [-0.05, 0) is 42.2 Å². The number of hydrogen-bond donors (Lipinski definition) is 1. The Morgan fingerprint density at radius 2 is 1.47 bits per heavy atom. The standard InChI is InChI=1S/C16H27N/c1-11(2)15-8-6-14(7-9-15)10-16(12(3)4)13(5)17/h6-9,11-13,16H,10,17H2,1-5H3. The van der Waals surface area contributed by atoms with Crippen molar-refractivity contribution < 1.29 is 0 Å². The summed E-state index contributed by atoms with van der Waals surface area (Å²) in [4.78, 5) is 0. The molecule has 1 aromatic carbocycles. The van der Waals surface area contributed by atoms with Crippen LogP contribution in [0.5, 0.6) is 0 Å². The Balaban J connectivity index is 2.73. The van der Waals surface area contributed by atoms with Crippen LogP contribution in [0.25, 0.3) is 0 Å². The zero-order chi connectivity index (χ0) is 13.0. The van der Waals surface area contributed by atoms with Crippen LogP contribution in [0.2, 0.25) is 0 Å².